The Morgan fingerprint density at radius 3 is 3.07 bits per heavy atom. The van der Waals surface area contributed by atoms with Crippen LogP contribution in [-0.2, 0) is 6.42 Å². The van der Waals surface area contributed by atoms with Gasteiger partial charge in [0.15, 0.2) is 5.65 Å². The number of nitrogen functional groups attached to an aromatic ring is 1. The van der Waals surface area contributed by atoms with Crippen LogP contribution < -0.4 is 5.73 Å². The van der Waals surface area contributed by atoms with Crippen molar-refractivity contribution in [2.45, 2.75) is 12.8 Å². The van der Waals surface area contributed by atoms with E-state index in [1.54, 1.807) is 12.1 Å². The lowest BCUT2D eigenvalue weighted by atomic mass is 10.3. The maximum Gasteiger partial charge on any atom is 0.162 e. The van der Waals surface area contributed by atoms with E-state index < -0.39 is 0 Å². The summed E-state index contributed by atoms with van der Waals surface area (Å²) < 4.78 is 1.88. The maximum absolute atomic E-state index is 8.70. The maximum atomic E-state index is 8.70. The van der Waals surface area contributed by atoms with Crippen LogP contribution in [0, 0.1) is 0 Å². The number of rotatable bonds is 3. The summed E-state index contributed by atoms with van der Waals surface area (Å²) >= 11 is 0. The average Bonchev–Trinajstić information content (AvgIpc) is 2.57. The Balaban J connectivity index is 2.37. The number of nitrogens with two attached hydrogens (primary N) is 1. The number of fused-ring (bicyclic) bond motifs is 1. The van der Waals surface area contributed by atoms with Crippen molar-refractivity contribution < 1.29 is 5.11 Å². The van der Waals surface area contributed by atoms with Gasteiger partial charge >= 0.3 is 0 Å². The molecule has 0 bridgehead atoms. The second kappa shape index (κ2) is 3.63. The second-order valence-corrected chi connectivity index (χ2v) is 3.13. The molecule has 2 aromatic heterocycles. The van der Waals surface area contributed by atoms with E-state index in [0.29, 0.717) is 12.1 Å². The Bertz CT molecular complexity index is 437. The van der Waals surface area contributed by atoms with Crippen molar-refractivity contribution in [2.75, 3.05) is 12.3 Å². The van der Waals surface area contributed by atoms with Gasteiger partial charge in [-0.3, -0.25) is 4.40 Å². The van der Waals surface area contributed by atoms with Gasteiger partial charge in [-0.1, -0.05) is 0 Å². The summed E-state index contributed by atoms with van der Waals surface area (Å²) in [6.45, 7) is 0.171. The standard InChI is InChI=1S/C9H12N4O/c10-7-3-4-13-8(2-1-5-14)11-12-9(13)6-7/h3-4,6,14H,1-2,5,10H2. The Morgan fingerprint density at radius 2 is 2.29 bits per heavy atom. The van der Waals surface area contributed by atoms with Crippen LogP contribution in [0.5, 0.6) is 0 Å². The number of aliphatic hydroxyl groups excluding tert-OH is 1. The molecule has 0 unspecified atom stereocenters. The first-order chi connectivity index (χ1) is 6.81. The molecule has 0 aromatic carbocycles. The molecule has 5 heteroatoms. The number of aliphatic hydroxyl groups is 1. The predicted molar refractivity (Wildman–Crippen MR) is 52.8 cm³/mol. The molecule has 0 fully saturated rings. The van der Waals surface area contributed by atoms with Crippen molar-refractivity contribution in [2.24, 2.45) is 0 Å². The number of hydrogen-bond donors (Lipinski definition) is 2. The van der Waals surface area contributed by atoms with Crippen molar-refractivity contribution in [1.29, 1.82) is 0 Å². The topological polar surface area (TPSA) is 76.4 Å². The molecule has 0 aliphatic heterocycles. The lowest BCUT2D eigenvalue weighted by Gasteiger charge is -1.98. The molecule has 0 saturated heterocycles. The van der Waals surface area contributed by atoms with Crippen LogP contribution in [-0.4, -0.2) is 26.3 Å². The quantitative estimate of drug-likeness (QED) is 0.730. The summed E-state index contributed by atoms with van der Waals surface area (Å²) in [5.41, 5.74) is 7.04. The lowest BCUT2D eigenvalue weighted by Crippen LogP contribution is -1.97. The van der Waals surface area contributed by atoms with Crippen molar-refractivity contribution in [3.05, 3.63) is 24.2 Å². The Labute approximate surface area is 81.2 Å². The summed E-state index contributed by atoms with van der Waals surface area (Å²) in [7, 11) is 0. The van der Waals surface area contributed by atoms with E-state index in [1.165, 1.54) is 0 Å². The number of anilines is 1. The summed E-state index contributed by atoms with van der Waals surface area (Å²) in [5.74, 6) is 0.856. The minimum Gasteiger partial charge on any atom is -0.399 e. The zero-order valence-corrected chi connectivity index (χ0v) is 7.72. The number of pyridine rings is 1. The van der Waals surface area contributed by atoms with Gasteiger partial charge in [0.05, 0.1) is 0 Å². The molecule has 2 aromatic rings. The van der Waals surface area contributed by atoms with Crippen LogP contribution >= 0.6 is 0 Å². The summed E-state index contributed by atoms with van der Waals surface area (Å²) in [5, 5.41) is 16.7. The molecule has 3 N–H and O–H groups in total. The molecule has 14 heavy (non-hydrogen) atoms. The van der Waals surface area contributed by atoms with E-state index in [-0.39, 0.29) is 6.61 Å². The van der Waals surface area contributed by atoms with Gasteiger partial charge in [0, 0.05) is 31.0 Å². The van der Waals surface area contributed by atoms with Gasteiger partial charge in [0.25, 0.3) is 0 Å². The van der Waals surface area contributed by atoms with Gasteiger partial charge in [-0.25, -0.2) is 0 Å². The van der Waals surface area contributed by atoms with Gasteiger partial charge in [-0.2, -0.15) is 0 Å². The van der Waals surface area contributed by atoms with Crippen molar-refractivity contribution in [1.82, 2.24) is 14.6 Å². The zero-order chi connectivity index (χ0) is 9.97. The molecule has 0 amide bonds. The molecule has 0 radical (unpaired) electrons. The van der Waals surface area contributed by atoms with Gasteiger partial charge in [0.1, 0.15) is 5.82 Å². The highest BCUT2D eigenvalue weighted by molar-refractivity contribution is 5.51. The fourth-order valence-corrected chi connectivity index (χ4v) is 1.36. The number of hydrogen-bond acceptors (Lipinski definition) is 4. The van der Waals surface area contributed by atoms with Crippen molar-refractivity contribution >= 4 is 11.3 Å². The molecule has 2 rings (SSSR count). The van der Waals surface area contributed by atoms with E-state index in [1.807, 2.05) is 10.6 Å². The number of aryl methyl sites for hydroxylation is 1. The third-order valence-electron chi connectivity index (χ3n) is 2.06. The van der Waals surface area contributed by atoms with Crippen LogP contribution in [0.2, 0.25) is 0 Å². The van der Waals surface area contributed by atoms with Crippen LogP contribution in [0.1, 0.15) is 12.2 Å². The summed E-state index contributed by atoms with van der Waals surface area (Å²) in [6, 6.07) is 3.58. The summed E-state index contributed by atoms with van der Waals surface area (Å²) in [4.78, 5) is 0. The van der Waals surface area contributed by atoms with Crippen LogP contribution in [0.4, 0.5) is 5.69 Å². The Hall–Kier alpha value is -1.62. The van der Waals surface area contributed by atoms with E-state index in [9.17, 15) is 0 Å². The van der Waals surface area contributed by atoms with Gasteiger partial charge in [-0.15, -0.1) is 10.2 Å². The molecule has 0 atom stereocenters. The van der Waals surface area contributed by atoms with E-state index in [2.05, 4.69) is 10.2 Å². The fraction of sp³-hybridized carbons (Fsp3) is 0.333. The van der Waals surface area contributed by atoms with E-state index >= 15 is 0 Å². The van der Waals surface area contributed by atoms with E-state index in [4.69, 9.17) is 10.8 Å². The third-order valence-corrected chi connectivity index (χ3v) is 2.06. The molecule has 2 heterocycles. The molecule has 0 saturated carbocycles. The number of nitrogens with zero attached hydrogens (tertiary/aromatic N) is 3. The number of aromatic nitrogens is 3. The fourth-order valence-electron chi connectivity index (χ4n) is 1.36. The average molecular weight is 192 g/mol. The Kier molecular flexibility index (Phi) is 2.32. The molecule has 5 nitrogen and oxygen atoms in total. The monoisotopic (exact) mass is 192 g/mol. The smallest absolute Gasteiger partial charge is 0.162 e. The van der Waals surface area contributed by atoms with Gasteiger partial charge < -0.3 is 10.8 Å². The molecular weight excluding hydrogens is 180 g/mol. The molecule has 0 aliphatic carbocycles. The largest absolute Gasteiger partial charge is 0.399 e. The first-order valence-electron chi connectivity index (χ1n) is 4.51. The van der Waals surface area contributed by atoms with Gasteiger partial charge in [0.2, 0.25) is 0 Å². The first kappa shape index (κ1) is 8.96. The van der Waals surface area contributed by atoms with Crippen LogP contribution in [0.3, 0.4) is 0 Å². The lowest BCUT2D eigenvalue weighted by molar-refractivity contribution is 0.287. The van der Waals surface area contributed by atoms with Crippen LogP contribution in [0.15, 0.2) is 18.3 Å². The molecule has 74 valence electrons. The minimum atomic E-state index is 0.171. The van der Waals surface area contributed by atoms with Crippen molar-refractivity contribution in [3.8, 4) is 0 Å². The van der Waals surface area contributed by atoms with Gasteiger partial charge in [-0.05, 0) is 12.5 Å². The zero-order valence-electron chi connectivity index (χ0n) is 7.72. The highest BCUT2D eigenvalue weighted by Crippen LogP contribution is 2.09. The van der Waals surface area contributed by atoms with Crippen LogP contribution in [0.25, 0.3) is 5.65 Å². The molecular formula is C9H12N4O. The second-order valence-electron chi connectivity index (χ2n) is 3.13. The first-order valence-corrected chi connectivity index (χ1v) is 4.51. The molecule has 0 aliphatic rings. The third kappa shape index (κ3) is 1.54. The van der Waals surface area contributed by atoms with Crippen molar-refractivity contribution in [3.63, 3.8) is 0 Å². The summed E-state index contributed by atoms with van der Waals surface area (Å²) in [6.07, 6.45) is 3.27. The normalized spacial score (nSPS) is 10.9. The SMILES string of the molecule is Nc1ccn2c(CCCO)nnc2c1. The highest BCUT2D eigenvalue weighted by Gasteiger charge is 2.04. The molecule has 0 spiro atoms. The van der Waals surface area contributed by atoms with E-state index in [0.717, 1.165) is 17.9 Å². The minimum absolute atomic E-state index is 0.171. The highest BCUT2D eigenvalue weighted by atomic mass is 16.2. The predicted octanol–water partition coefficient (Wildman–Crippen LogP) is 0.236. The Morgan fingerprint density at radius 1 is 1.43 bits per heavy atom.